The smallest absolute Gasteiger partial charge is 0.338 e. The van der Waals surface area contributed by atoms with Crippen LogP contribution >= 0.6 is 11.6 Å². The molecule has 1 aromatic heterocycles. The van der Waals surface area contributed by atoms with Gasteiger partial charge in [-0.3, -0.25) is 0 Å². The summed E-state index contributed by atoms with van der Waals surface area (Å²) in [5, 5.41) is 9.54. The number of nitrogens with zero attached hydrogens (tertiary/aromatic N) is 1. The Hall–Kier alpha value is -2.40. The van der Waals surface area contributed by atoms with E-state index in [2.05, 4.69) is 9.97 Å². The highest BCUT2D eigenvalue weighted by molar-refractivity contribution is 6.31. The van der Waals surface area contributed by atoms with Crippen LogP contribution in [-0.4, -0.2) is 21.0 Å². The summed E-state index contributed by atoms with van der Waals surface area (Å²) >= 11 is 6.08. The maximum absolute atomic E-state index is 13.7. The predicted molar refractivity (Wildman–Crippen MR) is 78.2 cm³/mol. The van der Waals surface area contributed by atoms with Crippen molar-refractivity contribution in [2.45, 2.75) is 6.92 Å². The van der Waals surface area contributed by atoms with Crippen molar-refractivity contribution in [3.63, 3.8) is 0 Å². The lowest BCUT2D eigenvalue weighted by atomic mass is 10.1. The van der Waals surface area contributed by atoms with Gasteiger partial charge >= 0.3 is 5.97 Å². The second kappa shape index (κ2) is 4.86. The molecular formula is C15H10ClFN2O2. The second-order valence-electron chi connectivity index (χ2n) is 4.65. The standard InChI is InChI=1S/C15H10ClFN2O2/c1-7-8(3-2-4-10(7)16)14-18-12-5-9(15(20)21)11(17)6-13(12)19-14/h2-6H,1H3,(H,18,19)(H,20,21). The highest BCUT2D eigenvalue weighted by atomic mass is 35.5. The predicted octanol–water partition coefficient (Wildman–Crippen LogP) is 4.03. The number of aromatic nitrogens is 2. The van der Waals surface area contributed by atoms with Crippen LogP contribution in [0.25, 0.3) is 22.4 Å². The largest absolute Gasteiger partial charge is 0.478 e. The van der Waals surface area contributed by atoms with Crippen molar-refractivity contribution in [1.29, 1.82) is 0 Å². The molecule has 0 bridgehead atoms. The molecule has 0 unspecified atom stereocenters. The van der Waals surface area contributed by atoms with Crippen molar-refractivity contribution < 1.29 is 14.3 Å². The molecule has 2 aromatic carbocycles. The molecule has 3 aromatic rings. The quantitative estimate of drug-likeness (QED) is 0.751. The number of hydrogen-bond acceptors (Lipinski definition) is 2. The first-order valence-electron chi connectivity index (χ1n) is 6.15. The molecule has 0 saturated heterocycles. The van der Waals surface area contributed by atoms with Gasteiger partial charge < -0.3 is 10.1 Å². The van der Waals surface area contributed by atoms with Gasteiger partial charge in [-0.1, -0.05) is 23.7 Å². The van der Waals surface area contributed by atoms with Gasteiger partial charge in [0.05, 0.1) is 16.6 Å². The van der Waals surface area contributed by atoms with Gasteiger partial charge in [-0.15, -0.1) is 0 Å². The molecule has 106 valence electrons. The van der Waals surface area contributed by atoms with Gasteiger partial charge in [-0.2, -0.15) is 0 Å². The molecule has 3 rings (SSSR count). The van der Waals surface area contributed by atoms with E-state index in [0.717, 1.165) is 17.2 Å². The summed E-state index contributed by atoms with van der Waals surface area (Å²) < 4.78 is 13.7. The number of carbonyl (C=O) groups is 1. The fraction of sp³-hybridized carbons (Fsp3) is 0.0667. The van der Waals surface area contributed by atoms with Crippen molar-refractivity contribution in [3.8, 4) is 11.4 Å². The van der Waals surface area contributed by atoms with Crippen LogP contribution in [0.2, 0.25) is 5.02 Å². The summed E-state index contributed by atoms with van der Waals surface area (Å²) in [5.74, 6) is -1.60. The molecule has 0 spiro atoms. The Labute approximate surface area is 124 Å². The summed E-state index contributed by atoms with van der Waals surface area (Å²) in [4.78, 5) is 18.3. The number of aromatic amines is 1. The number of benzene rings is 2. The molecule has 6 heteroatoms. The van der Waals surface area contributed by atoms with Crippen molar-refractivity contribution in [3.05, 3.63) is 52.3 Å². The molecule has 0 amide bonds. The van der Waals surface area contributed by atoms with Crippen LogP contribution in [0.4, 0.5) is 4.39 Å². The third-order valence-electron chi connectivity index (χ3n) is 3.32. The average molecular weight is 305 g/mol. The van der Waals surface area contributed by atoms with Crippen LogP contribution in [-0.2, 0) is 0 Å². The molecule has 0 radical (unpaired) electrons. The molecule has 0 aliphatic heterocycles. The Balaban J connectivity index is 2.22. The molecule has 0 atom stereocenters. The van der Waals surface area contributed by atoms with Crippen LogP contribution in [0.1, 0.15) is 15.9 Å². The zero-order valence-electron chi connectivity index (χ0n) is 10.9. The number of rotatable bonds is 2. The summed E-state index contributed by atoms with van der Waals surface area (Å²) in [6.45, 7) is 1.86. The van der Waals surface area contributed by atoms with Gasteiger partial charge in [0.25, 0.3) is 0 Å². The van der Waals surface area contributed by atoms with E-state index in [-0.39, 0.29) is 0 Å². The molecule has 4 nitrogen and oxygen atoms in total. The number of carboxylic acids is 1. The Morgan fingerprint density at radius 1 is 1.38 bits per heavy atom. The molecule has 0 saturated carbocycles. The van der Waals surface area contributed by atoms with Crippen LogP contribution in [0.15, 0.2) is 30.3 Å². The topological polar surface area (TPSA) is 66.0 Å². The first-order chi connectivity index (χ1) is 9.97. The summed E-state index contributed by atoms with van der Waals surface area (Å²) in [6.07, 6.45) is 0. The van der Waals surface area contributed by atoms with Crippen molar-refractivity contribution in [2.24, 2.45) is 0 Å². The zero-order valence-corrected chi connectivity index (χ0v) is 11.7. The zero-order chi connectivity index (χ0) is 15.1. The third kappa shape index (κ3) is 2.25. The fourth-order valence-electron chi connectivity index (χ4n) is 2.19. The first-order valence-corrected chi connectivity index (χ1v) is 6.53. The summed E-state index contributed by atoms with van der Waals surface area (Å²) in [5.41, 5.74) is 2.06. The van der Waals surface area contributed by atoms with Gasteiger partial charge in [-0.25, -0.2) is 14.2 Å². The Bertz CT molecular complexity index is 873. The van der Waals surface area contributed by atoms with E-state index in [9.17, 15) is 9.18 Å². The van der Waals surface area contributed by atoms with E-state index in [4.69, 9.17) is 16.7 Å². The monoisotopic (exact) mass is 304 g/mol. The number of fused-ring (bicyclic) bond motifs is 1. The normalized spacial score (nSPS) is 11.0. The Morgan fingerprint density at radius 2 is 2.14 bits per heavy atom. The highest BCUT2D eigenvalue weighted by Crippen LogP contribution is 2.28. The SMILES string of the molecule is Cc1c(Cl)cccc1-c1nc2cc(C(=O)O)c(F)cc2[nH]1. The molecule has 0 aliphatic rings. The molecular weight excluding hydrogens is 295 g/mol. The van der Waals surface area contributed by atoms with E-state index in [1.165, 1.54) is 6.07 Å². The highest BCUT2D eigenvalue weighted by Gasteiger charge is 2.15. The number of imidazole rings is 1. The summed E-state index contributed by atoms with van der Waals surface area (Å²) in [6, 6.07) is 7.75. The van der Waals surface area contributed by atoms with E-state index in [1.54, 1.807) is 12.1 Å². The number of carboxylic acid groups (broad SMARTS) is 1. The van der Waals surface area contributed by atoms with Gasteiger partial charge in [0, 0.05) is 16.7 Å². The van der Waals surface area contributed by atoms with Crippen molar-refractivity contribution in [1.82, 2.24) is 9.97 Å². The first kappa shape index (κ1) is 13.6. The minimum Gasteiger partial charge on any atom is -0.478 e. The minimum absolute atomic E-state index is 0.392. The maximum Gasteiger partial charge on any atom is 0.338 e. The van der Waals surface area contributed by atoms with E-state index >= 15 is 0 Å². The van der Waals surface area contributed by atoms with E-state index in [0.29, 0.717) is 21.9 Å². The second-order valence-corrected chi connectivity index (χ2v) is 5.06. The minimum atomic E-state index is -1.32. The van der Waals surface area contributed by atoms with Crippen LogP contribution in [0.3, 0.4) is 0 Å². The van der Waals surface area contributed by atoms with Gasteiger partial charge in [-0.05, 0) is 24.6 Å². The summed E-state index contributed by atoms with van der Waals surface area (Å²) in [7, 11) is 0. The third-order valence-corrected chi connectivity index (χ3v) is 3.73. The number of nitrogens with one attached hydrogen (secondary N) is 1. The molecule has 1 heterocycles. The van der Waals surface area contributed by atoms with Gasteiger partial charge in [0.2, 0.25) is 0 Å². The van der Waals surface area contributed by atoms with Gasteiger partial charge in [0.15, 0.2) is 0 Å². The molecule has 0 aliphatic carbocycles. The number of hydrogen-bond donors (Lipinski definition) is 2. The van der Waals surface area contributed by atoms with Crippen molar-refractivity contribution >= 4 is 28.6 Å². The van der Waals surface area contributed by atoms with Crippen molar-refractivity contribution in [2.75, 3.05) is 0 Å². The van der Waals surface area contributed by atoms with Crippen LogP contribution in [0, 0.1) is 12.7 Å². The van der Waals surface area contributed by atoms with Crippen LogP contribution < -0.4 is 0 Å². The molecule has 2 N–H and O–H groups in total. The number of halogens is 2. The Morgan fingerprint density at radius 3 is 2.86 bits per heavy atom. The lowest BCUT2D eigenvalue weighted by Gasteiger charge is -2.03. The lowest BCUT2D eigenvalue weighted by Crippen LogP contribution is -1.99. The molecule has 0 fully saturated rings. The average Bonchev–Trinajstić information content (AvgIpc) is 2.83. The maximum atomic E-state index is 13.7. The fourth-order valence-corrected chi connectivity index (χ4v) is 2.36. The molecule has 21 heavy (non-hydrogen) atoms. The van der Waals surface area contributed by atoms with Gasteiger partial charge in [0.1, 0.15) is 11.6 Å². The van der Waals surface area contributed by atoms with E-state index in [1.807, 2.05) is 13.0 Å². The van der Waals surface area contributed by atoms with Crippen LogP contribution in [0.5, 0.6) is 0 Å². The Kier molecular flexibility index (Phi) is 3.14. The number of aromatic carboxylic acids is 1. The lowest BCUT2D eigenvalue weighted by molar-refractivity contribution is 0.0692. The van der Waals surface area contributed by atoms with E-state index < -0.39 is 17.3 Å². The number of H-pyrrole nitrogens is 1.